The molecule has 0 saturated heterocycles. The molecule has 0 unspecified atom stereocenters. The summed E-state index contributed by atoms with van der Waals surface area (Å²) >= 11 is 6.02. The van der Waals surface area contributed by atoms with Crippen LogP contribution in [0.4, 0.5) is 5.69 Å². The minimum Gasteiger partial charge on any atom is -0.294 e. The van der Waals surface area contributed by atoms with Gasteiger partial charge in [-0.2, -0.15) is 0 Å². The number of ketones is 1. The van der Waals surface area contributed by atoms with Crippen molar-refractivity contribution >= 4 is 23.1 Å². The number of halogens is 1. The third-order valence-corrected chi connectivity index (χ3v) is 5.44. The number of fused-ring (bicyclic) bond motifs is 1. The fourth-order valence-electron chi connectivity index (χ4n) is 3.83. The topological polar surface area (TPSA) is 73.1 Å². The molecule has 5 nitrogen and oxygen atoms in total. The van der Waals surface area contributed by atoms with Crippen LogP contribution in [0.3, 0.4) is 0 Å². The van der Waals surface area contributed by atoms with Gasteiger partial charge in [0, 0.05) is 34.7 Å². The lowest BCUT2D eigenvalue weighted by Gasteiger charge is -2.31. The number of nitro benzene ring substituents is 1. The monoisotopic (exact) mass is 406 g/mol. The molecule has 146 valence electrons. The molecule has 1 heterocycles. The van der Waals surface area contributed by atoms with E-state index in [1.807, 2.05) is 18.2 Å². The van der Waals surface area contributed by atoms with Crippen molar-refractivity contribution in [3.05, 3.63) is 81.0 Å². The number of nitrogens with zero attached hydrogens (tertiary/aromatic N) is 2. The number of nitro groups is 1. The van der Waals surface area contributed by atoms with Crippen molar-refractivity contribution in [3.63, 3.8) is 0 Å². The summed E-state index contributed by atoms with van der Waals surface area (Å²) in [4.78, 5) is 28.4. The first-order valence-electron chi connectivity index (χ1n) is 9.31. The first-order chi connectivity index (χ1) is 13.7. The van der Waals surface area contributed by atoms with Crippen LogP contribution < -0.4 is 0 Å². The van der Waals surface area contributed by atoms with Gasteiger partial charge >= 0.3 is 0 Å². The average Bonchev–Trinajstić information content (AvgIpc) is 2.66. The zero-order chi connectivity index (χ0) is 20.8. The number of rotatable bonds is 3. The molecule has 0 amide bonds. The van der Waals surface area contributed by atoms with Gasteiger partial charge in [-0.3, -0.25) is 19.9 Å². The van der Waals surface area contributed by atoms with Gasteiger partial charge in [0.25, 0.3) is 5.69 Å². The van der Waals surface area contributed by atoms with Crippen LogP contribution in [0.5, 0.6) is 0 Å². The Labute approximate surface area is 173 Å². The Morgan fingerprint density at radius 1 is 1.00 bits per heavy atom. The summed E-state index contributed by atoms with van der Waals surface area (Å²) < 4.78 is 0. The number of carbonyl (C=O) groups excluding carboxylic acids is 1. The molecule has 1 aliphatic carbocycles. The molecule has 0 spiro atoms. The van der Waals surface area contributed by atoms with Crippen molar-refractivity contribution in [3.8, 4) is 22.4 Å². The molecule has 0 radical (unpaired) electrons. The lowest BCUT2D eigenvalue weighted by atomic mass is 9.74. The molecule has 1 aliphatic rings. The maximum Gasteiger partial charge on any atom is 0.269 e. The van der Waals surface area contributed by atoms with Crippen LogP contribution in [0.1, 0.15) is 36.3 Å². The number of non-ortho nitro benzene ring substituents is 1. The Morgan fingerprint density at radius 2 is 1.62 bits per heavy atom. The van der Waals surface area contributed by atoms with E-state index < -0.39 is 4.92 Å². The lowest BCUT2D eigenvalue weighted by Crippen LogP contribution is -2.28. The molecule has 1 aromatic heterocycles. The first-order valence-corrected chi connectivity index (χ1v) is 9.69. The summed E-state index contributed by atoms with van der Waals surface area (Å²) in [6, 6.07) is 15.6. The quantitative estimate of drug-likeness (QED) is 0.387. The van der Waals surface area contributed by atoms with Gasteiger partial charge < -0.3 is 0 Å². The first kappa shape index (κ1) is 19.3. The number of aromatic nitrogens is 1. The van der Waals surface area contributed by atoms with Crippen molar-refractivity contribution in [2.24, 2.45) is 5.41 Å². The van der Waals surface area contributed by atoms with E-state index in [9.17, 15) is 14.9 Å². The van der Waals surface area contributed by atoms with Crippen LogP contribution >= 0.6 is 11.6 Å². The second kappa shape index (κ2) is 7.08. The van der Waals surface area contributed by atoms with E-state index in [2.05, 4.69) is 13.8 Å². The highest BCUT2D eigenvalue weighted by Gasteiger charge is 2.34. The van der Waals surface area contributed by atoms with E-state index in [1.54, 1.807) is 24.3 Å². The highest BCUT2D eigenvalue weighted by molar-refractivity contribution is 6.30. The van der Waals surface area contributed by atoms with Crippen molar-refractivity contribution in [1.29, 1.82) is 0 Å². The van der Waals surface area contributed by atoms with Gasteiger partial charge in [-0.1, -0.05) is 37.6 Å². The maximum absolute atomic E-state index is 13.0. The largest absolute Gasteiger partial charge is 0.294 e. The summed E-state index contributed by atoms with van der Waals surface area (Å²) in [5.41, 5.74) is 4.41. The predicted octanol–water partition coefficient (Wildman–Crippen LogP) is 6.13. The third-order valence-electron chi connectivity index (χ3n) is 5.19. The normalized spacial score (nSPS) is 15.1. The molecule has 3 aromatic rings. The van der Waals surface area contributed by atoms with E-state index in [0.29, 0.717) is 23.4 Å². The number of carbonyl (C=O) groups is 1. The SMILES string of the molecule is CC1(C)CC(=O)c2c(-c3ccc([N+](=O)[O-])cc3)cc(-c3ccc(Cl)cc3)nc2C1. The van der Waals surface area contributed by atoms with E-state index >= 15 is 0 Å². The minimum absolute atomic E-state index is 0.0158. The van der Waals surface area contributed by atoms with Crippen LogP contribution in [0.2, 0.25) is 5.02 Å². The molecule has 0 saturated carbocycles. The molecular formula is C23H19ClN2O3. The predicted molar refractivity (Wildman–Crippen MR) is 113 cm³/mol. The third kappa shape index (κ3) is 3.78. The highest BCUT2D eigenvalue weighted by Crippen LogP contribution is 2.40. The summed E-state index contributed by atoms with van der Waals surface area (Å²) in [5, 5.41) is 11.6. The zero-order valence-electron chi connectivity index (χ0n) is 16.1. The molecule has 0 atom stereocenters. The lowest BCUT2D eigenvalue weighted by molar-refractivity contribution is -0.384. The Balaban J connectivity index is 1.93. The van der Waals surface area contributed by atoms with Gasteiger partial charge in [-0.25, -0.2) is 0 Å². The number of Topliss-reactive ketones (excluding diaryl/α,β-unsaturated/α-hetero) is 1. The van der Waals surface area contributed by atoms with Crippen molar-refractivity contribution < 1.29 is 9.72 Å². The number of hydrogen-bond acceptors (Lipinski definition) is 4. The Kier molecular flexibility index (Phi) is 4.71. The fourth-order valence-corrected chi connectivity index (χ4v) is 3.96. The van der Waals surface area contributed by atoms with Gasteiger partial charge in [0.2, 0.25) is 0 Å². The molecule has 29 heavy (non-hydrogen) atoms. The van der Waals surface area contributed by atoms with Gasteiger partial charge in [0.15, 0.2) is 5.78 Å². The van der Waals surface area contributed by atoms with Crippen molar-refractivity contribution in [2.75, 3.05) is 0 Å². The van der Waals surface area contributed by atoms with E-state index in [0.717, 1.165) is 28.1 Å². The van der Waals surface area contributed by atoms with Crippen LogP contribution in [0.15, 0.2) is 54.6 Å². The maximum atomic E-state index is 13.0. The summed E-state index contributed by atoms with van der Waals surface area (Å²) in [7, 11) is 0. The highest BCUT2D eigenvalue weighted by atomic mass is 35.5. The van der Waals surface area contributed by atoms with E-state index in [4.69, 9.17) is 16.6 Å². The van der Waals surface area contributed by atoms with Gasteiger partial charge in [0.1, 0.15) is 0 Å². The smallest absolute Gasteiger partial charge is 0.269 e. The Bertz CT molecular complexity index is 1120. The number of pyridine rings is 1. The number of hydrogen-bond donors (Lipinski definition) is 0. The van der Waals surface area contributed by atoms with Gasteiger partial charge in [-0.15, -0.1) is 0 Å². The van der Waals surface area contributed by atoms with Crippen LogP contribution in [0.25, 0.3) is 22.4 Å². The summed E-state index contributed by atoms with van der Waals surface area (Å²) in [5.74, 6) is 0.0553. The Morgan fingerprint density at radius 3 is 2.24 bits per heavy atom. The summed E-state index contributed by atoms with van der Waals surface area (Å²) in [6.45, 7) is 4.13. The van der Waals surface area contributed by atoms with Crippen LogP contribution in [-0.2, 0) is 6.42 Å². The number of benzene rings is 2. The molecule has 6 heteroatoms. The molecule has 0 fully saturated rings. The average molecular weight is 407 g/mol. The standard InChI is InChI=1S/C23H19ClN2O3/c1-23(2)12-20-22(21(27)13-23)18(14-5-9-17(10-6-14)26(28)29)11-19(25-20)15-3-7-16(24)8-4-15/h3-11H,12-13H2,1-2H3. The van der Waals surface area contributed by atoms with Crippen LogP contribution in [0, 0.1) is 15.5 Å². The van der Waals surface area contributed by atoms with Gasteiger partial charge in [0.05, 0.1) is 16.3 Å². The molecule has 0 aliphatic heterocycles. The summed E-state index contributed by atoms with van der Waals surface area (Å²) in [6.07, 6.45) is 1.14. The molecule has 0 bridgehead atoms. The second-order valence-corrected chi connectivity index (χ2v) is 8.57. The van der Waals surface area contributed by atoms with E-state index in [1.165, 1.54) is 12.1 Å². The van der Waals surface area contributed by atoms with Crippen LogP contribution in [-0.4, -0.2) is 15.7 Å². The van der Waals surface area contributed by atoms with E-state index in [-0.39, 0.29) is 16.9 Å². The van der Waals surface area contributed by atoms with Gasteiger partial charge in [-0.05, 0) is 53.3 Å². The minimum atomic E-state index is -0.432. The van der Waals surface area contributed by atoms with Crippen molar-refractivity contribution in [1.82, 2.24) is 4.98 Å². The molecule has 4 rings (SSSR count). The zero-order valence-corrected chi connectivity index (χ0v) is 16.9. The second-order valence-electron chi connectivity index (χ2n) is 8.13. The van der Waals surface area contributed by atoms with Crippen molar-refractivity contribution in [2.45, 2.75) is 26.7 Å². The molecule has 0 N–H and O–H groups in total. The fraction of sp³-hybridized carbons (Fsp3) is 0.217. The molecular weight excluding hydrogens is 388 g/mol. The molecule has 2 aromatic carbocycles. The Hall–Kier alpha value is -3.05.